The monoisotopic (exact) mass is 350 g/mol. The number of carbonyl (C=O) groups is 1. The van der Waals surface area contributed by atoms with E-state index >= 15 is 0 Å². The van der Waals surface area contributed by atoms with Crippen molar-refractivity contribution in [3.8, 4) is 0 Å². The van der Waals surface area contributed by atoms with Crippen molar-refractivity contribution in [1.82, 2.24) is 10.0 Å². The van der Waals surface area contributed by atoms with Crippen molar-refractivity contribution in [2.45, 2.75) is 32.7 Å². The van der Waals surface area contributed by atoms with Gasteiger partial charge in [-0.05, 0) is 40.1 Å². The molecule has 0 aliphatic heterocycles. The third kappa shape index (κ3) is 3.53. The van der Waals surface area contributed by atoms with E-state index in [4.69, 9.17) is 5.21 Å². The number of amides is 1. The minimum absolute atomic E-state index is 0.0853. The zero-order valence-corrected chi connectivity index (χ0v) is 15.1. The van der Waals surface area contributed by atoms with Gasteiger partial charge in [0.2, 0.25) is 0 Å². The fourth-order valence-electron chi connectivity index (χ4n) is 2.92. The lowest BCUT2D eigenvalue weighted by atomic mass is 9.87. The maximum absolute atomic E-state index is 12.8. The number of nitrogens with zero attached hydrogens (tertiary/aromatic N) is 1. The van der Waals surface area contributed by atoms with Crippen molar-refractivity contribution in [1.29, 1.82) is 0 Å². The highest BCUT2D eigenvalue weighted by atomic mass is 16.5. The van der Waals surface area contributed by atoms with Crippen LogP contribution in [0, 0.1) is 0 Å². The molecular weight excluding hydrogens is 328 g/mol. The Labute approximate surface area is 151 Å². The van der Waals surface area contributed by atoms with Crippen LogP contribution in [0.4, 0.5) is 0 Å². The quantitative estimate of drug-likeness (QED) is 0.561. The van der Waals surface area contributed by atoms with E-state index in [2.05, 4.69) is 32.9 Å². The number of hydroxylamine groups is 1. The Balaban J connectivity index is 1.96. The first-order chi connectivity index (χ1) is 12.3. The predicted molar refractivity (Wildman–Crippen MR) is 102 cm³/mol. The molecule has 5 nitrogen and oxygen atoms in total. The van der Waals surface area contributed by atoms with Gasteiger partial charge in [0.15, 0.2) is 0 Å². The van der Waals surface area contributed by atoms with Crippen LogP contribution in [0.1, 0.15) is 42.3 Å². The lowest BCUT2D eigenvalue weighted by molar-refractivity contribution is 0.0706. The fourth-order valence-corrected chi connectivity index (χ4v) is 2.92. The molecule has 0 unspecified atom stereocenters. The lowest BCUT2D eigenvalue weighted by Crippen LogP contribution is -2.22. The summed E-state index contributed by atoms with van der Waals surface area (Å²) in [5.74, 6) is -0.639. The molecule has 0 aliphatic carbocycles. The Morgan fingerprint density at radius 1 is 1.08 bits per heavy atom. The van der Waals surface area contributed by atoms with E-state index in [0.29, 0.717) is 11.9 Å². The SMILES string of the molecule is CC(C)(C)c1ccc(Cn2ccc3ccc(C(=O)NO)cc3c2=O)cc1. The lowest BCUT2D eigenvalue weighted by Gasteiger charge is -2.19. The van der Waals surface area contributed by atoms with Crippen molar-refractivity contribution in [2.24, 2.45) is 0 Å². The molecule has 0 atom stereocenters. The second-order valence-electron chi connectivity index (χ2n) is 7.44. The zero-order chi connectivity index (χ0) is 18.9. The van der Waals surface area contributed by atoms with Gasteiger partial charge in [-0.15, -0.1) is 0 Å². The molecule has 134 valence electrons. The van der Waals surface area contributed by atoms with Gasteiger partial charge in [-0.1, -0.05) is 51.1 Å². The molecule has 0 saturated heterocycles. The van der Waals surface area contributed by atoms with E-state index in [1.165, 1.54) is 11.6 Å². The number of hydrogen-bond acceptors (Lipinski definition) is 3. The number of carbonyl (C=O) groups excluding carboxylic acids is 1. The Hall–Kier alpha value is -2.92. The van der Waals surface area contributed by atoms with Gasteiger partial charge in [0, 0.05) is 17.1 Å². The number of aromatic nitrogens is 1. The largest absolute Gasteiger partial charge is 0.311 e. The van der Waals surface area contributed by atoms with E-state index < -0.39 is 5.91 Å². The van der Waals surface area contributed by atoms with Gasteiger partial charge in [-0.2, -0.15) is 0 Å². The summed E-state index contributed by atoms with van der Waals surface area (Å²) in [5, 5.41) is 9.97. The summed E-state index contributed by atoms with van der Waals surface area (Å²) < 4.78 is 1.62. The molecule has 0 bridgehead atoms. The van der Waals surface area contributed by atoms with Crippen LogP contribution in [0.3, 0.4) is 0 Å². The summed E-state index contributed by atoms with van der Waals surface area (Å²) in [4.78, 5) is 24.4. The van der Waals surface area contributed by atoms with E-state index in [1.807, 2.05) is 18.2 Å². The first-order valence-electron chi connectivity index (χ1n) is 8.46. The Kier molecular flexibility index (Phi) is 4.66. The van der Waals surface area contributed by atoms with Crippen LogP contribution in [-0.4, -0.2) is 15.7 Å². The number of pyridine rings is 1. The number of hydrogen-bond donors (Lipinski definition) is 2. The van der Waals surface area contributed by atoms with Crippen molar-refractivity contribution in [3.63, 3.8) is 0 Å². The van der Waals surface area contributed by atoms with Crippen LogP contribution in [0.2, 0.25) is 0 Å². The molecule has 3 aromatic rings. The molecule has 0 radical (unpaired) electrons. The molecule has 1 heterocycles. The summed E-state index contributed by atoms with van der Waals surface area (Å²) >= 11 is 0. The normalized spacial score (nSPS) is 11.5. The summed E-state index contributed by atoms with van der Waals surface area (Å²) in [5.41, 5.74) is 4.02. The van der Waals surface area contributed by atoms with Crippen LogP contribution in [0.15, 0.2) is 59.5 Å². The first-order valence-corrected chi connectivity index (χ1v) is 8.46. The van der Waals surface area contributed by atoms with Crippen LogP contribution < -0.4 is 11.0 Å². The minimum Gasteiger partial charge on any atom is -0.311 e. The van der Waals surface area contributed by atoms with E-state index in [0.717, 1.165) is 10.9 Å². The molecule has 0 fully saturated rings. The standard InChI is InChI=1S/C21H22N2O3/c1-21(2,3)17-8-4-14(5-9-17)13-23-11-10-15-6-7-16(19(24)22-26)12-18(15)20(23)25/h4-12,26H,13H2,1-3H3,(H,22,24). The van der Waals surface area contributed by atoms with E-state index in [-0.39, 0.29) is 16.5 Å². The molecular formula is C21H22N2O3. The van der Waals surface area contributed by atoms with E-state index in [9.17, 15) is 9.59 Å². The smallest absolute Gasteiger partial charge is 0.274 e. The molecule has 0 saturated carbocycles. The average molecular weight is 350 g/mol. The zero-order valence-electron chi connectivity index (χ0n) is 15.1. The predicted octanol–water partition coefficient (Wildman–Crippen LogP) is 3.47. The number of benzene rings is 2. The van der Waals surface area contributed by atoms with Crippen molar-refractivity contribution in [3.05, 3.63) is 81.8 Å². The topological polar surface area (TPSA) is 71.3 Å². The molecule has 0 aliphatic rings. The van der Waals surface area contributed by atoms with Gasteiger partial charge in [0.05, 0.1) is 6.54 Å². The summed E-state index contributed by atoms with van der Waals surface area (Å²) in [6.07, 6.45) is 1.76. The number of rotatable bonds is 3. The number of fused-ring (bicyclic) bond motifs is 1. The Morgan fingerprint density at radius 3 is 2.38 bits per heavy atom. The van der Waals surface area contributed by atoms with Crippen molar-refractivity contribution in [2.75, 3.05) is 0 Å². The molecule has 1 amide bonds. The maximum Gasteiger partial charge on any atom is 0.274 e. The van der Waals surface area contributed by atoms with Crippen LogP contribution in [0.25, 0.3) is 10.8 Å². The Morgan fingerprint density at radius 2 is 1.77 bits per heavy atom. The molecule has 5 heteroatoms. The molecule has 2 aromatic carbocycles. The average Bonchev–Trinajstić information content (AvgIpc) is 2.63. The minimum atomic E-state index is -0.639. The highest BCUT2D eigenvalue weighted by Crippen LogP contribution is 2.22. The van der Waals surface area contributed by atoms with Gasteiger partial charge >= 0.3 is 0 Å². The van der Waals surface area contributed by atoms with E-state index in [1.54, 1.807) is 28.4 Å². The summed E-state index contributed by atoms with van der Waals surface area (Å²) in [7, 11) is 0. The molecule has 26 heavy (non-hydrogen) atoms. The van der Waals surface area contributed by atoms with Crippen LogP contribution in [0.5, 0.6) is 0 Å². The molecule has 0 spiro atoms. The van der Waals surface area contributed by atoms with Crippen molar-refractivity contribution < 1.29 is 10.0 Å². The van der Waals surface area contributed by atoms with Gasteiger partial charge in [0.25, 0.3) is 11.5 Å². The highest BCUT2D eigenvalue weighted by molar-refractivity contribution is 5.97. The summed E-state index contributed by atoms with van der Waals surface area (Å²) in [6.45, 7) is 6.94. The maximum atomic E-state index is 12.8. The van der Waals surface area contributed by atoms with Gasteiger partial charge in [-0.3, -0.25) is 14.8 Å². The molecule has 3 rings (SSSR count). The van der Waals surface area contributed by atoms with Crippen LogP contribution >= 0.6 is 0 Å². The molecule has 2 N–H and O–H groups in total. The second kappa shape index (κ2) is 6.77. The third-order valence-corrected chi connectivity index (χ3v) is 4.52. The number of nitrogens with one attached hydrogen (secondary N) is 1. The molecule has 1 aromatic heterocycles. The second-order valence-corrected chi connectivity index (χ2v) is 7.44. The third-order valence-electron chi connectivity index (χ3n) is 4.52. The Bertz CT molecular complexity index is 1010. The van der Waals surface area contributed by atoms with Gasteiger partial charge in [-0.25, -0.2) is 5.48 Å². The van der Waals surface area contributed by atoms with Gasteiger partial charge < -0.3 is 4.57 Å². The first kappa shape index (κ1) is 17.9. The van der Waals surface area contributed by atoms with Crippen LogP contribution in [-0.2, 0) is 12.0 Å². The summed E-state index contributed by atoms with van der Waals surface area (Å²) in [6, 6.07) is 14.9. The van der Waals surface area contributed by atoms with Crippen molar-refractivity contribution >= 4 is 16.7 Å². The van der Waals surface area contributed by atoms with Gasteiger partial charge in [0.1, 0.15) is 0 Å². The highest BCUT2D eigenvalue weighted by Gasteiger charge is 2.13. The fraction of sp³-hybridized carbons (Fsp3) is 0.238.